The van der Waals surface area contributed by atoms with Crippen LogP contribution in [0.5, 0.6) is 0 Å². The fourth-order valence-electron chi connectivity index (χ4n) is 3.52. The normalized spacial score (nSPS) is 15.7. The predicted octanol–water partition coefficient (Wildman–Crippen LogP) is 3.40. The standard InChI is InChI=1S/C20H18N2O2/c1-13-11-14-7-6-10-16-18(14)22(13)12-17(19(16)23)20(24)21(2)15-8-4-3-5-9-15/h3-10,12-13H,11H2,1-2H3. The van der Waals surface area contributed by atoms with Gasteiger partial charge in [-0.25, -0.2) is 0 Å². The van der Waals surface area contributed by atoms with Crippen LogP contribution in [0.4, 0.5) is 5.69 Å². The number of nitrogens with zero attached hydrogens (tertiary/aromatic N) is 2. The van der Waals surface area contributed by atoms with E-state index in [2.05, 4.69) is 17.6 Å². The monoisotopic (exact) mass is 318 g/mol. The number of hydrogen-bond acceptors (Lipinski definition) is 2. The number of rotatable bonds is 2. The maximum absolute atomic E-state index is 12.9. The molecule has 0 aliphatic carbocycles. The molecule has 1 aliphatic heterocycles. The summed E-state index contributed by atoms with van der Waals surface area (Å²) in [6.45, 7) is 2.11. The van der Waals surface area contributed by atoms with Crippen molar-refractivity contribution in [2.24, 2.45) is 0 Å². The van der Waals surface area contributed by atoms with Crippen molar-refractivity contribution in [3.8, 4) is 0 Å². The van der Waals surface area contributed by atoms with E-state index in [1.165, 1.54) is 10.5 Å². The average Bonchev–Trinajstić information content (AvgIpc) is 2.94. The highest BCUT2D eigenvalue weighted by Crippen LogP contribution is 2.31. The third kappa shape index (κ3) is 2.07. The lowest BCUT2D eigenvalue weighted by Gasteiger charge is -2.18. The highest BCUT2D eigenvalue weighted by molar-refractivity contribution is 6.07. The zero-order valence-corrected chi connectivity index (χ0v) is 13.7. The molecular formula is C20H18N2O2. The summed E-state index contributed by atoms with van der Waals surface area (Å²) < 4.78 is 2.07. The van der Waals surface area contributed by atoms with Crippen molar-refractivity contribution in [3.63, 3.8) is 0 Å². The van der Waals surface area contributed by atoms with Crippen LogP contribution in [0, 0.1) is 0 Å². The first-order valence-electron chi connectivity index (χ1n) is 8.08. The molecule has 0 saturated carbocycles. The Labute approximate surface area is 140 Å². The van der Waals surface area contributed by atoms with Gasteiger partial charge in [-0.3, -0.25) is 9.59 Å². The van der Waals surface area contributed by atoms with Gasteiger partial charge in [-0.1, -0.05) is 30.3 Å². The summed E-state index contributed by atoms with van der Waals surface area (Å²) in [5, 5.41) is 0.629. The fourth-order valence-corrected chi connectivity index (χ4v) is 3.52. The molecule has 4 rings (SSSR count). The van der Waals surface area contributed by atoms with Gasteiger partial charge in [-0.2, -0.15) is 0 Å². The number of pyridine rings is 1. The number of benzene rings is 2. The van der Waals surface area contributed by atoms with Gasteiger partial charge in [0.15, 0.2) is 0 Å². The minimum absolute atomic E-state index is 0.190. The number of carbonyl (C=O) groups is 1. The quantitative estimate of drug-likeness (QED) is 0.727. The maximum Gasteiger partial charge on any atom is 0.263 e. The molecule has 0 fully saturated rings. The van der Waals surface area contributed by atoms with Crippen LogP contribution in [0.15, 0.2) is 59.5 Å². The van der Waals surface area contributed by atoms with Gasteiger partial charge in [0.05, 0.1) is 5.52 Å². The van der Waals surface area contributed by atoms with Crippen LogP contribution in [0.3, 0.4) is 0 Å². The molecule has 2 heterocycles. The molecule has 0 saturated heterocycles. The number of anilines is 1. The second-order valence-electron chi connectivity index (χ2n) is 6.35. The van der Waals surface area contributed by atoms with E-state index in [0.717, 1.165) is 17.6 Å². The van der Waals surface area contributed by atoms with Gasteiger partial charge in [0.25, 0.3) is 5.91 Å². The molecule has 1 atom stereocenters. The first kappa shape index (κ1) is 14.7. The number of para-hydroxylation sites is 2. The van der Waals surface area contributed by atoms with Crippen molar-refractivity contribution in [2.45, 2.75) is 19.4 Å². The van der Waals surface area contributed by atoms with Crippen LogP contribution in [-0.2, 0) is 6.42 Å². The maximum atomic E-state index is 12.9. The number of carbonyl (C=O) groups excluding carboxylic acids is 1. The molecule has 1 aliphatic rings. The zero-order chi connectivity index (χ0) is 16.8. The van der Waals surface area contributed by atoms with E-state index < -0.39 is 0 Å². The fraction of sp³-hybridized carbons (Fsp3) is 0.200. The van der Waals surface area contributed by atoms with Gasteiger partial charge >= 0.3 is 0 Å². The van der Waals surface area contributed by atoms with E-state index >= 15 is 0 Å². The van der Waals surface area contributed by atoms with Crippen molar-refractivity contribution in [3.05, 3.63) is 76.1 Å². The van der Waals surface area contributed by atoms with Crippen molar-refractivity contribution in [1.82, 2.24) is 4.57 Å². The Bertz CT molecular complexity index is 1010. The third-order valence-electron chi connectivity index (χ3n) is 4.80. The largest absolute Gasteiger partial charge is 0.343 e. The number of aromatic nitrogens is 1. The minimum Gasteiger partial charge on any atom is -0.343 e. The van der Waals surface area contributed by atoms with Crippen LogP contribution < -0.4 is 10.3 Å². The number of hydrogen-bond donors (Lipinski definition) is 0. The molecule has 120 valence electrons. The third-order valence-corrected chi connectivity index (χ3v) is 4.80. The van der Waals surface area contributed by atoms with Crippen LogP contribution in [0.1, 0.15) is 28.9 Å². The summed E-state index contributed by atoms with van der Waals surface area (Å²) in [7, 11) is 1.70. The first-order chi connectivity index (χ1) is 11.6. The van der Waals surface area contributed by atoms with E-state index in [1.807, 2.05) is 42.5 Å². The molecule has 1 unspecified atom stereocenters. The molecule has 1 amide bonds. The molecule has 0 bridgehead atoms. The van der Waals surface area contributed by atoms with Crippen molar-refractivity contribution in [2.75, 3.05) is 11.9 Å². The van der Waals surface area contributed by atoms with E-state index in [9.17, 15) is 9.59 Å². The second-order valence-corrected chi connectivity index (χ2v) is 6.35. The molecule has 4 heteroatoms. The number of amides is 1. The summed E-state index contributed by atoms with van der Waals surface area (Å²) in [6, 6.07) is 15.4. The summed E-state index contributed by atoms with van der Waals surface area (Å²) >= 11 is 0. The van der Waals surface area contributed by atoms with E-state index in [4.69, 9.17) is 0 Å². The summed E-state index contributed by atoms with van der Waals surface area (Å²) in [5.41, 5.74) is 2.94. The van der Waals surface area contributed by atoms with Crippen LogP contribution in [0.25, 0.3) is 10.9 Å². The van der Waals surface area contributed by atoms with Crippen LogP contribution in [-0.4, -0.2) is 17.5 Å². The molecule has 24 heavy (non-hydrogen) atoms. The second kappa shape index (κ2) is 5.34. The molecule has 3 aromatic rings. The predicted molar refractivity (Wildman–Crippen MR) is 95.8 cm³/mol. The molecule has 4 nitrogen and oxygen atoms in total. The van der Waals surface area contributed by atoms with E-state index in [0.29, 0.717) is 5.39 Å². The van der Waals surface area contributed by atoms with Gasteiger partial charge in [0.2, 0.25) is 5.43 Å². The first-order valence-corrected chi connectivity index (χ1v) is 8.08. The van der Waals surface area contributed by atoms with Gasteiger partial charge in [0, 0.05) is 30.4 Å². The summed E-state index contributed by atoms with van der Waals surface area (Å²) in [5.74, 6) is -0.277. The van der Waals surface area contributed by atoms with Gasteiger partial charge in [-0.15, -0.1) is 0 Å². The Hall–Kier alpha value is -2.88. The highest BCUT2D eigenvalue weighted by Gasteiger charge is 2.25. The average molecular weight is 318 g/mol. The smallest absolute Gasteiger partial charge is 0.263 e. The molecule has 2 aromatic carbocycles. The van der Waals surface area contributed by atoms with Crippen LogP contribution in [0.2, 0.25) is 0 Å². The van der Waals surface area contributed by atoms with Gasteiger partial charge in [0.1, 0.15) is 5.56 Å². The van der Waals surface area contributed by atoms with Crippen LogP contribution >= 0.6 is 0 Å². The van der Waals surface area contributed by atoms with E-state index in [1.54, 1.807) is 13.2 Å². The summed E-state index contributed by atoms with van der Waals surface area (Å²) in [4.78, 5) is 27.3. The zero-order valence-electron chi connectivity index (χ0n) is 13.7. The highest BCUT2D eigenvalue weighted by atomic mass is 16.2. The Morgan fingerprint density at radius 3 is 2.62 bits per heavy atom. The topological polar surface area (TPSA) is 42.3 Å². The molecular weight excluding hydrogens is 300 g/mol. The Kier molecular flexibility index (Phi) is 3.27. The van der Waals surface area contributed by atoms with Gasteiger partial charge in [-0.05, 0) is 37.1 Å². The SMILES string of the molecule is CC1Cc2cccc3c(=O)c(C(=O)N(C)c4ccccc4)cn1c23. The lowest BCUT2D eigenvalue weighted by Crippen LogP contribution is -2.31. The lowest BCUT2D eigenvalue weighted by molar-refractivity contribution is 0.0991. The Morgan fingerprint density at radius 1 is 1.12 bits per heavy atom. The Morgan fingerprint density at radius 2 is 1.88 bits per heavy atom. The Balaban J connectivity index is 1.89. The molecule has 0 spiro atoms. The van der Waals surface area contributed by atoms with Crippen molar-refractivity contribution >= 4 is 22.5 Å². The van der Waals surface area contributed by atoms with Crippen molar-refractivity contribution in [1.29, 1.82) is 0 Å². The lowest BCUT2D eigenvalue weighted by atomic mass is 10.1. The van der Waals surface area contributed by atoms with Gasteiger partial charge < -0.3 is 9.47 Å². The molecule has 0 N–H and O–H groups in total. The minimum atomic E-state index is -0.277. The molecule has 0 radical (unpaired) electrons. The summed E-state index contributed by atoms with van der Waals surface area (Å²) in [6.07, 6.45) is 2.62. The van der Waals surface area contributed by atoms with Crippen molar-refractivity contribution < 1.29 is 4.79 Å². The molecule has 1 aromatic heterocycles. The van der Waals surface area contributed by atoms with E-state index in [-0.39, 0.29) is 22.9 Å².